The van der Waals surface area contributed by atoms with Crippen LogP contribution in [-0.2, 0) is 6.42 Å². The van der Waals surface area contributed by atoms with Crippen LogP contribution in [0.4, 0.5) is 0 Å². The van der Waals surface area contributed by atoms with Crippen LogP contribution in [0.15, 0.2) is 48.0 Å². The number of pyridine rings is 1. The number of benzene rings is 1. The zero-order chi connectivity index (χ0) is 13.2. The number of aliphatic hydroxyl groups is 1. The summed E-state index contributed by atoms with van der Waals surface area (Å²) in [5.41, 5.74) is 3.29. The molecule has 0 amide bonds. The van der Waals surface area contributed by atoms with E-state index >= 15 is 0 Å². The van der Waals surface area contributed by atoms with Gasteiger partial charge < -0.3 is 5.11 Å². The zero-order valence-electron chi connectivity index (χ0n) is 10.7. The molecular weight excluding hydrogens is 254 g/mol. The number of aromatic nitrogens is 1. The number of fused-ring (bicyclic) bond motifs is 1. The lowest BCUT2D eigenvalue weighted by atomic mass is 10.0. The number of aryl methyl sites for hydroxylation is 1. The van der Waals surface area contributed by atoms with Crippen LogP contribution in [0.25, 0.3) is 10.9 Å². The van der Waals surface area contributed by atoms with E-state index in [1.54, 1.807) is 11.3 Å². The summed E-state index contributed by atoms with van der Waals surface area (Å²) in [5.74, 6) is 0. The van der Waals surface area contributed by atoms with Crippen LogP contribution in [0, 0.1) is 6.92 Å². The van der Waals surface area contributed by atoms with E-state index in [0.717, 1.165) is 26.9 Å². The third kappa shape index (κ3) is 2.39. The molecule has 2 aromatic heterocycles. The number of hydrogen-bond acceptors (Lipinski definition) is 3. The summed E-state index contributed by atoms with van der Waals surface area (Å²) in [6, 6.07) is 12.1. The standard InChI is InChI=1S/C16H15NOS/c1-11-7-9-19-16(11)15(18)10-12-6-8-17-14-5-3-2-4-13(12)14/h2-9,15,18H,10H2,1H3. The molecule has 2 heterocycles. The highest BCUT2D eigenvalue weighted by Gasteiger charge is 2.14. The summed E-state index contributed by atoms with van der Waals surface area (Å²) >= 11 is 1.62. The van der Waals surface area contributed by atoms with Crippen molar-refractivity contribution in [1.82, 2.24) is 4.98 Å². The van der Waals surface area contributed by atoms with Gasteiger partial charge in [-0.05, 0) is 41.6 Å². The zero-order valence-corrected chi connectivity index (χ0v) is 11.5. The summed E-state index contributed by atoms with van der Waals surface area (Å²) < 4.78 is 0. The normalized spacial score (nSPS) is 12.7. The smallest absolute Gasteiger partial charge is 0.0925 e. The maximum atomic E-state index is 10.4. The molecule has 0 bridgehead atoms. The quantitative estimate of drug-likeness (QED) is 0.782. The number of hydrogen-bond donors (Lipinski definition) is 1. The van der Waals surface area contributed by atoms with E-state index in [9.17, 15) is 5.11 Å². The van der Waals surface area contributed by atoms with Gasteiger partial charge in [0.1, 0.15) is 0 Å². The molecule has 0 aliphatic heterocycles. The first kappa shape index (κ1) is 12.3. The van der Waals surface area contributed by atoms with Crippen molar-refractivity contribution < 1.29 is 5.11 Å². The van der Waals surface area contributed by atoms with Gasteiger partial charge in [0.25, 0.3) is 0 Å². The van der Waals surface area contributed by atoms with Crippen molar-refractivity contribution in [3.63, 3.8) is 0 Å². The molecule has 1 aromatic carbocycles. The van der Waals surface area contributed by atoms with Gasteiger partial charge in [-0.25, -0.2) is 0 Å². The molecule has 0 radical (unpaired) electrons. The van der Waals surface area contributed by atoms with Crippen molar-refractivity contribution in [3.8, 4) is 0 Å². The van der Waals surface area contributed by atoms with Crippen molar-refractivity contribution in [2.45, 2.75) is 19.4 Å². The van der Waals surface area contributed by atoms with Gasteiger partial charge in [-0.2, -0.15) is 0 Å². The molecule has 3 heteroatoms. The lowest BCUT2D eigenvalue weighted by Crippen LogP contribution is -2.02. The van der Waals surface area contributed by atoms with Crippen molar-refractivity contribution in [3.05, 3.63) is 64.0 Å². The summed E-state index contributed by atoms with van der Waals surface area (Å²) in [6.45, 7) is 2.04. The minimum absolute atomic E-state index is 0.439. The van der Waals surface area contributed by atoms with Crippen LogP contribution in [0.1, 0.15) is 22.1 Å². The Morgan fingerprint density at radius 2 is 2.05 bits per heavy atom. The van der Waals surface area contributed by atoms with Crippen LogP contribution in [0.5, 0.6) is 0 Å². The molecule has 1 atom stereocenters. The van der Waals surface area contributed by atoms with E-state index < -0.39 is 6.10 Å². The Balaban J connectivity index is 1.96. The molecule has 19 heavy (non-hydrogen) atoms. The molecule has 0 aliphatic rings. The number of nitrogens with zero attached hydrogens (tertiary/aromatic N) is 1. The first-order valence-electron chi connectivity index (χ1n) is 6.30. The van der Waals surface area contributed by atoms with E-state index in [1.807, 2.05) is 48.8 Å². The van der Waals surface area contributed by atoms with Crippen LogP contribution >= 0.6 is 11.3 Å². The maximum absolute atomic E-state index is 10.4. The second-order valence-corrected chi connectivity index (χ2v) is 5.62. The largest absolute Gasteiger partial charge is 0.387 e. The predicted octanol–water partition coefficient (Wildman–Crippen LogP) is 3.88. The molecule has 0 saturated heterocycles. The minimum Gasteiger partial charge on any atom is -0.387 e. The molecule has 1 N–H and O–H groups in total. The average molecular weight is 269 g/mol. The highest BCUT2D eigenvalue weighted by Crippen LogP contribution is 2.28. The van der Waals surface area contributed by atoms with E-state index in [0.29, 0.717) is 6.42 Å². The topological polar surface area (TPSA) is 33.1 Å². The minimum atomic E-state index is -0.439. The van der Waals surface area contributed by atoms with Gasteiger partial charge in [-0.1, -0.05) is 18.2 Å². The lowest BCUT2D eigenvalue weighted by molar-refractivity contribution is 0.182. The molecule has 0 spiro atoms. The molecule has 0 fully saturated rings. The van der Waals surface area contributed by atoms with Gasteiger partial charge in [0.15, 0.2) is 0 Å². The van der Waals surface area contributed by atoms with Crippen molar-refractivity contribution in [1.29, 1.82) is 0 Å². The summed E-state index contributed by atoms with van der Waals surface area (Å²) in [5, 5.41) is 13.5. The number of rotatable bonds is 3. The fourth-order valence-corrected chi connectivity index (χ4v) is 3.27. The van der Waals surface area contributed by atoms with Gasteiger partial charge >= 0.3 is 0 Å². The Labute approximate surface area is 116 Å². The predicted molar refractivity (Wildman–Crippen MR) is 79.5 cm³/mol. The first-order chi connectivity index (χ1) is 9.25. The van der Waals surface area contributed by atoms with Crippen LogP contribution < -0.4 is 0 Å². The van der Waals surface area contributed by atoms with E-state index in [1.165, 1.54) is 0 Å². The van der Waals surface area contributed by atoms with Crippen LogP contribution in [-0.4, -0.2) is 10.1 Å². The monoisotopic (exact) mass is 269 g/mol. The molecule has 3 rings (SSSR count). The Hall–Kier alpha value is -1.71. The summed E-state index contributed by atoms with van der Waals surface area (Å²) in [6.07, 6.45) is 2.00. The van der Waals surface area contributed by atoms with Crippen molar-refractivity contribution in [2.24, 2.45) is 0 Å². The molecule has 1 unspecified atom stereocenters. The van der Waals surface area contributed by atoms with Gasteiger partial charge in [0.2, 0.25) is 0 Å². The first-order valence-corrected chi connectivity index (χ1v) is 7.18. The summed E-state index contributed by atoms with van der Waals surface area (Å²) in [4.78, 5) is 5.41. The van der Waals surface area contributed by atoms with Gasteiger partial charge in [-0.3, -0.25) is 4.98 Å². The Bertz CT molecular complexity index is 699. The molecule has 96 valence electrons. The number of thiophene rings is 1. The van der Waals surface area contributed by atoms with Crippen LogP contribution in [0.3, 0.4) is 0 Å². The van der Waals surface area contributed by atoms with Crippen molar-refractivity contribution in [2.75, 3.05) is 0 Å². The third-order valence-corrected chi connectivity index (χ3v) is 4.48. The Morgan fingerprint density at radius 3 is 2.84 bits per heavy atom. The van der Waals surface area contributed by atoms with Crippen LogP contribution in [0.2, 0.25) is 0 Å². The fraction of sp³-hybridized carbons (Fsp3) is 0.188. The lowest BCUT2D eigenvalue weighted by Gasteiger charge is -2.12. The third-order valence-electron chi connectivity index (χ3n) is 3.36. The van der Waals surface area contributed by atoms with Gasteiger partial charge in [0, 0.05) is 22.9 Å². The van der Waals surface area contributed by atoms with E-state index in [2.05, 4.69) is 11.1 Å². The Morgan fingerprint density at radius 1 is 1.21 bits per heavy atom. The second-order valence-electron chi connectivity index (χ2n) is 4.68. The molecule has 2 nitrogen and oxygen atoms in total. The SMILES string of the molecule is Cc1ccsc1C(O)Cc1ccnc2ccccc12. The number of para-hydroxylation sites is 1. The molecule has 0 aliphatic carbocycles. The highest BCUT2D eigenvalue weighted by molar-refractivity contribution is 7.10. The number of aliphatic hydroxyl groups excluding tert-OH is 1. The van der Waals surface area contributed by atoms with Crippen molar-refractivity contribution >= 4 is 22.2 Å². The molecular formula is C16H15NOS. The average Bonchev–Trinajstić information content (AvgIpc) is 2.85. The Kier molecular flexibility index (Phi) is 3.32. The molecule has 0 saturated carbocycles. The second kappa shape index (κ2) is 5.11. The van der Waals surface area contributed by atoms with Gasteiger partial charge in [-0.15, -0.1) is 11.3 Å². The fourth-order valence-electron chi connectivity index (χ4n) is 2.36. The maximum Gasteiger partial charge on any atom is 0.0925 e. The van der Waals surface area contributed by atoms with Gasteiger partial charge in [0.05, 0.1) is 11.6 Å². The highest BCUT2D eigenvalue weighted by atomic mass is 32.1. The van der Waals surface area contributed by atoms with E-state index in [-0.39, 0.29) is 0 Å². The van der Waals surface area contributed by atoms with E-state index in [4.69, 9.17) is 0 Å². The molecule has 3 aromatic rings. The summed E-state index contributed by atoms with van der Waals surface area (Å²) in [7, 11) is 0.